The molecular formula is C22H28N2O5S2. The SMILES string of the molecule is COc1ccc(S(=O)(=O)N2CCC(C(=O)N3CCC[C@H]3c3cccs3)CC2)cc1OC. The lowest BCUT2D eigenvalue weighted by molar-refractivity contribution is -0.137. The third kappa shape index (κ3) is 4.31. The molecule has 9 heteroatoms. The largest absolute Gasteiger partial charge is 0.493 e. The van der Waals surface area contributed by atoms with Gasteiger partial charge in [-0.05, 0) is 49.3 Å². The van der Waals surface area contributed by atoms with Gasteiger partial charge in [0, 0.05) is 36.5 Å². The molecule has 2 aliphatic rings. The van der Waals surface area contributed by atoms with Crippen LogP contribution in [0.15, 0.2) is 40.6 Å². The van der Waals surface area contributed by atoms with Crippen LogP contribution in [0.1, 0.15) is 36.6 Å². The summed E-state index contributed by atoms with van der Waals surface area (Å²) in [7, 11) is -0.669. The fraction of sp³-hybridized carbons (Fsp3) is 0.500. The molecule has 0 unspecified atom stereocenters. The molecule has 2 fully saturated rings. The molecule has 1 aromatic carbocycles. The van der Waals surface area contributed by atoms with Crippen molar-refractivity contribution >= 4 is 27.3 Å². The molecule has 0 bridgehead atoms. The molecule has 168 valence electrons. The van der Waals surface area contributed by atoms with Crippen LogP contribution >= 0.6 is 11.3 Å². The maximum atomic E-state index is 13.2. The Morgan fingerprint density at radius 3 is 2.42 bits per heavy atom. The second-order valence-corrected chi connectivity index (χ2v) is 10.8. The van der Waals surface area contributed by atoms with Crippen LogP contribution in [0, 0.1) is 5.92 Å². The van der Waals surface area contributed by atoms with E-state index in [-0.39, 0.29) is 22.8 Å². The Kier molecular flexibility index (Phi) is 6.55. The first-order valence-corrected chi connectivity index (χ1v) is 12.8. The Hall–Kier alpha value is -2.10. The molecular weight excluding hydrogens is 436 g/mol. The minimum absolute atomic E-state index is 0.127. The second kappa shape index (κ2) is 9.18. The van der Waals surface area contributed by atoms with Crippen molar-refractivity contribution in [2.45, 2.75) is 36.6 Å². The van der Waals surface area contributed by atoms with Crippen molar-refractivity contribution < 1.29 is 22.7 Å². The number of rotatable bonds is 6. The highest BCUT2D eigenvalue weighted by molar-refractivity contribution is 7.89. The van der Waals surface area contributed by atoms with E-state index in [1.165, 1.54) is 35.5 Å². The maximum absolute atomic E-state index is 13.2. The van der Waals surface area contributed by atoms with Gasteiger partial charge >= 0.3 is 0 Å². The van der Waals surface area contributed by atoms with Crippen LogP contribution < -0.4 is 9.47 Å². The van der Waals surface area contributed by atoms with Gasteiger partial charge in [-0.1, -0.05) is 6.07 Å². The van der Waals surface area contributed by atoms with Gasteiger partial charge in [-0.15, -0.1) is 11.3 Å². The fourth-order valence-corrected chi connectivity index (χ4v) is 6.87. The van der Waals surface area contributed by atoms with Crippen molar-refractivity contribution in [2.24, 2.45) is 5.92 Å². The zero-order valence-corrected chi connectivity index (χ0v) is 19.5. The summed E-state index contributed by atoms with van der Waals surface area (Å²) in [5.41, 5.74) is 0. The van der Waals surface area contributed by atoms with E-state index >= 15 is 0 Å². The number of carbonyl (C=O) groups excluding carboxylic acids is 1. The van der Waals surface area contributed by atoms with Crippen molar-refractivity contribution in [1.29, 1.82) is 0 Å². The van der Waals surface area contributed by atoms with Crippen LogP contribution in [0.25, 0.3) is 0 Å². The summed E-state index contributed by atoms with van der Waals surface area (Å²) in [4.78, 5) is 16.6. The number of likely N-dealkylation sites (tertiary alicyclic amines) is 1. The van der Waals surface area contributed by atoms with Crippen LogP contribution in [-0.2, 0) is 14.8 Å². The normalized spacial score (nSPS) is 20.7. The van der Waals surface area contributed by atoms with Gasteiger partial charge in [-0.3, -0.25) is 4.79 Å². The molecule has 1 atom stereocenters. The molecule has 1 aromatic heterocycles. The molecule has 2 aromatic rings. The van der Waals surface area contributed by atoms with Gasteiger partial charge in [-0.25, -0.2) is 8.42 Å². The van der Waals surface area contributed by atoms with Crippen molar-refractivity contribution in [3.05, 3.63) is 40.6 Å². The first-order chi connectivity index (χ1) is 15.0. The Balaban J connectivity index is 1.43. The van der Waals surface area contributed by atoms with Crippen molar-refractivity contribution in [3.63, 3.8) is 0 Å². The predicted octanol–water partition coefficient (Wildman–Crippen LogP) is 3.53. The molecule has 7 nitrogen and oxygen atoms in total. The number of benzene rings is 1. The van der Waals surface area contributed by atoms with Gasteiger partial charge < -0.3 is 14.4 Å². The first kappa shape index (κ1) is 22.1. The number of amides is 1. The Morgan fingerprint density at radius 2 is 1.77 bits per heavy atom. The first-order valence-electron chi connectivity index (χ1n) is 10.5. The summed E-state index contributed by atoms with van der Waals surface area (Å²) in [6.45, 7) is 1.46. The van der Waals surface area contributed by atoms with E-state index in [4.69, 9.17) is 9.47 Å². The molecule has 2 saturated heterocycles. The maximum Gasteiger partial charge on any atom is 0.243 e. The predicted molar refractivity (Wildman–Crippen MR) is 119 cm³/mol. The summed E-state index contributed by atoms with van der Waals surface area (Å²) in [5.74, 6) is 0.899. The molecule has 0 spiro atoms. The molecule has 1 amide bonds. The zero-order chi connectivity index (χ0) is 22.0. The van der Waals surface area contributed by atoms with Gasteiger partial charge in [0.1, 0.15) is 0 Å². The Morgan fingerprint density at radius 1 is 1.03 bits per heavy atom. The Bertz CT molecular complexity index is 1010. The molecule has 4 rings (SSSR count). The van der Waals surface area contributed by atoms with Crippen LogP contribution in [0.2, 0.25) is 0 Å². The molecule has 0 aliphatic carbocycles. The van der Waals surface area contributed by atoms with Crippen molar-refractivity contribution in [2.75, 3.05) is 33.9 Å². The molecule has 3 heterocycles. The Labute approximate surface area is 187 Å². The molecule has 0 N–H and O–H groups in total. The van der Waals surface area contributed by atoms with E-state index < -0.39 is 10.0 Å². The summed E-state index contributed by atoms with van der Waals surface area (Å²) in [5, 5.41) is 2.05. The van der Waals surface area contributed by atoms with Gasteiger partial charge in [0.25, 0.3) is 0 Å². The third-order valence-corrected chi connectivity index (χ3v) is 9.07. The lowest BCUT2D eigenvalue weighted by atomic mass is 9.96. The van der Waals surface area contributed by atoms with Crippen LogP contribution in [0.3, 0.4) is 0 Å². The number of carbonyl (C=O) groups is 1. The number of thiophene rings is 1. The minimum atomic E-state index is -3.66. The summed E-state index contributed by atoms with van der Waals surface area (Å²) < 4.78 is 38.2. The number of hydrogen-bond acceptors (Lipinski definition) is 6. The summed E-state index contributed by atoms with van der Waals surface area (Å²) >= 11 is 1.69. The number of ether oxygens (including phenoxy) is 2. The average Bonchev–Trinajstić information content (AvgIpc) is 3.50. The highest BCUT2D eigenvalue weighted by atomic mass is 32.2. The topological polar surface area (TPSA) is 76.2 Å². The van der Waals surface area contributed by atoms with Gasteiger partial charge in [0.2, 0.25) is 15.9 Å². The fourth-order valence-electron chi connectivity index (χ4n) is 4.51. The van der Waals surface area contributed by atoms with Gasteiger partial charge in [-0.2, -0.15) is 4.31 Å². The van der Waals surface area contributed by atoms with Crippen LogP contribution in [-0.4, -0.2) is 57.4 Å². The van der Waals surface area contributed by atoms with E-state index in [1.807, 2.05) is 16.3 Å². The monoisotopic (exact) mass is 464 g/mol. The molecule has 0 saturated carbocycles. The third-order valence-electron chi connectivity index (χ3n) is 6.20. The number of piperidine rings is 1. The lowest BCUT2D eigenvalue weighted by Gasteiger charge is -2.34. The molecule has 31 heavy (non-hydrogen) atoms. The highest BCUT2D eigenvalue weighted by Gasteiger charge is 2.38. The number of sulfonamides is 1. The quantitative estimate of drug-likeness (QED) is 0.654. The number of nitrogens with zero attached hydrogens (tertiary/aromatic N) is 2. The number of methoxy groups -OCH3 is 2. The number of hydrogen-bond donors (Lipinski definition) is 0. The summed E-state index contributed by atoms with van der Waals surface area (Å²) in [6.07, 6.45) is 3.09. The lowest BCUT2D eigenvalue weighted by Crippen LogP contribution is -2.44. The average molecular weight is 465 g/mol. The van der Waals surface area contributed by atoms with Crippen LogP contribution in [0.4, 0.5) is 0 Å². The smallest absolute Gasteiger partial charge is 0.243 e. The summed E-state index contributed by atoms with van der Waals surface area (Å²) in [6, 6.07) is 8.91. The van der Waals surface area contributed by atoms with E-state index in [0.717, 1.165) is 19.4 Å². The van der Waals surface area contributed by atoms with Gasteiger partial charge in [0.05, 0.1) is 25.2 Å². The van der Waals surface area contributed by atoms with Gasteiger partial charge in [0.15, 0.2) is 11.5 Å². The second-order valence-electron chi connectivity index (χ2n) is 7.90. The standard InChI is InChI=1S/C22H28N2O5S2/c1-28-19-8-7-17(15-20(19)29-2)31(26,27)23-12-9-16(10-13-23)22(25)24-11-3-5-18(24)21-6-4-14-30-21/h4,6-8,14-16,18H,3,5,9-13H2,1-2H3/t18-/m0/s1. The van der Waals surface area contributed by atoms with E-state index in [9.17, 15) is 13.2 Å². The van der Waals surface area contributed by atoms with E-state index in [0.29, 0.717) is 37.4 Å². The van der Waals surface area contributed by atoms with Crippen molar-refractivity contribution in [1.82, 2.24) is 9.21 Å². The zero-order valence-electron chi connectivity index (χ0n) is 17.8. The molecule has 0 radical (unpaired) electrons. The molecule has 2 aliphatic heterocycles. The van der Waals surface area contributed by atoms with Crippen LogP contribution in [0.5, 0.6) is 11.5 Å². The minimum Gasteiger partial charge on any atom is -0.493 e. The highest BCUT2D eigenvalue weighted by Crippen LogP contribution is 2.37. The van der Waals surface area contributed by atoms with Crippen molar-refractivity contribution in [3.8, 4) is 11.5 Å². The van der Waals surface area contributed by atoms with E-state index in [1.54, 1.807) is 17.4 Å². The van der Waals surface area contributed by atoms with E-state index in [2.05, 4.69) is 6.07 Å².